The molecule has 1 aliphatic rings. The number of aryl methyl sites for hydroxylation is 2. The number of fused-ring (bicyclic) bond motifs is 3. The molecule has 0 bridgehead atoms. The Kier molecular flexibility index (Phi) is 6.12. The van der Waals surface area contributed by atoms with Gasteiger partial charge in [0, 0.05) is 7.11 Å². The highest BCUT2D eigenvalue weighted by atomic mass is 16.7. The quantitative estimate of drug-likeness (QED) is 0.242. The van der Waals surface area contributed by atoms with Gasteiger partial charge < -0.3 is 14.2 Å². The molecule has 4 aromatic rings. The third-order valence-corrected chi connectivity index (χ3v) is 6.73. The number of hydrogen-bond acceptors (Lipinski definition) is 3. The van der Waals surface area contributed by atoms with Crippen LogP contribution < -0.4 is 9.47 Å². The molecule has 4 aromatic carbocycles. The Morgan fingerprint density at radius 1 is 0.676 bits per heavy atom. The van der Waals surface area contributed by atoms with Gasteiger partial charge in [0.1, 0.15) is 18.1 Å². The molecule has 3 heteroatoms. The Hall–Kier alpha value is -3.56. The van der Waals surface area contributed by atoms with Gasteiger partial charge in [-0.2, -0.15) is 0 Å². The van der Waals surface area contributed by atoms with Crippen LogP contribution in [0.1, 0.15) is 33.4 Å². The molecule has 0 atom stereocenters. The minimum absolute atomic E-state index is 0.248. The topological polar surface area (TPSA) is 27.7 Å². The molecule has 0 unspecified atom stereocenters. The van der Waals surface area contributed by atoms with E-state index in [0.717, 1.165) is 17.9 Å². The zero-order valence-corrected chi connectivity index (χ0v) is 20.3. The average molecular weight is 451 g/mol. The number of rotatable bonds is 7. The zero-order valence-electron chi connectivity index (χ0n) is 20.3. The van der Waals surface area contributed by atoms with E-state index in [1.165, 1.54) is 55.6 Å². The van der Waals surface area contributed by atoms with Crippen LogP contribution in [0.25, 0.3) is 22.3 Å². The van der Waals surface area contributed by atoms with Crippen molar-refractivity contribution in [2.75, 3.05) is 13.9 Å². The Balaban J connectivity index is 1.39. The van der Waals surface area contributed by atoms with Crippen molar-refractivity contribution in [3.8, 4) is 33.8 Å². The standard InChI is InChI=1S/C31H30O3/c1-20-14-27(34-19-32-4)15-21(2)31(20)28-11-7-9-25(22(28)3)18-33-26-13-12-24-16-23-8-5-6-10-29(23)30(24)17-26/h5-15,17H,16,18-19H2,1-4H3. The monoisotopic (exact) mass is 450 g/mol. The summed E-state index contributed by atoms with van der Waals surface area (Å²) >= 11 is 0. The van der Waals surface area contributed by atoms with Gasteiger partial charge in [0.05, 0.1) is 0 Å². The van der Waals surface area contributed by atoms with Gasteiger partial charge in [-0.25, -0.2) is 0 Å². The van der Waals surface area contributed by atoms with Gasteiger partial charge in [-0.1, -0.05) is 48.5 Å². The molecule has 0 aliphatic heterocycles. The Morgan fingerprint density at radius 2 is 1.41 bits per heavy atom. The normalized spacial score (nSPS) is 11.8. The molecular formula is C31H30O3. The van der Waals surface area contributed by atoms with Crippen LogP contribution in [0.4, 0.5) is 0 Å². The van der Waals surface area contributed by atoms with Crippen molar-refractivity contribution in [3.05, 3.63) is 106 Å². The lowest BCUT2D eigenvalue weighted by Crippen LogP contribution is -2.02. The summed E-state index contributed by atoms with van der Waals surface area (Å²) in [6.45, 7) is 7.23. The summed E-state index contributed by atoms with van der Waals surface area (Å²) in [4.78, 5) is 0. The smallest absolute Gasteiger partial charge is 0.188 e. The second-order valence-corrected chi connectivity index (χ2v) is 9.01. The predicted molar refractivity (Wildman–Crippen MR) is 138 cm³/mol. The first-order valence-corrected chi connectivity index (χ1v) is 11.7. The van der Waals surface area contributed by atoms with Crippen LogP contribution in [0.5, 0.6) is 11.5 Å². The number of hydrogen-bond donors (Lipinski definition) is 0. The fourth-order valence-electron chi connectivity index (χ4n) is 5.02. The lowest BCUT2D eigenvalue weighted by Gasteiger charge is -2.18. The Morgan fingerprint density at radius 3 is 2.21 bits per heavy atom. The molecule has 172 valence electrons. The lowest BCUT2D eigenvalue weighted by molar-refractivity contribution is 0.0511. The van der Waals surface area contributed by atoms with E-state index in [4.69, 9.17) is 14.2 Å². The van der Waals surface area contributed by atoms with Crippen LogP contribution >= 0.6 is 0 Å². The number of methoxy groups -OCH3 is 1. The van der Waals surface area contributed by atoms with E-state index in [0.29, 0.717) is 6.61 Å². The van der Waals surface area contributed by atoms with Crippen LogP contribution in [0.15, 0.2) is 72.8 Å². The second kappa shape index (κ2) is 9.36. The highest BCUT2D eigenvalue weighted by Crippen LogP contribution is 2.39. The van der Waals surface area contributed by atoms with Gasteiger partial charge in [0.15, 0.2) is 6.79 Å². The summed E-state index contributed by atoms with van der Waals surface area (Å²) in [5.41, 5.74) is 12.7. The summed E-state index contributed by atoms with van der Waals surface area (Å²) < 4.78 is 17.0. The predicted octanol–water partition coefficient (Wildman–Crippen LogP) is 7.41. The van der Waals surface area contributed by atoms with Crippen molar-refractivity contribution in [2.45, 2.75) is 33.8 Å². The number of ether oxygens (including phenoxy) is 3. The van der Waals surface area contributed by atoms with Gasteiger partial charge in [-0.15, -0.1) is 0 Å². The molecule has 0 aromatic heterocycles. The van der Waals surface area contributed by atoms with Gasteiger partial charge >= 0.3 is 0 Å². The summed E-state index contributed by atoms with van der Waals surface area (Å²) in [6.07, 6.45) is 1.00. The summed E-state index contributed by atoms with van der Waals surface area (Å²) in [6, 6.07) is 25.7. The van der Waals surface area contributed by atoms with Crippen molar-refractivity contribution in [1.82, 2.24) is 0 Å². The molecule has 3 nitrogen and oxygen atoms in total. The van der Waals surface area contributed by atoms with Crippen molar-refractivity contribution in [1.29, 1.82) is 0 Å². The fourth-order valence-corrected chi connectivity index (χ4v) is 5.02. The van der Waals surface area contributed by atoms with E-state index < -0.39 is 0 Å². The highest BCUT2D eigenvalue weighted by Gasteiger charge is 2.18. The first kappa shape index (κ1) is 22.2. The van der Waals surface area contributed by atoms with Crippen LogP contribution in [0.2, 0.25) is 0 Å². The Labute approximate surface area is 201 Å². The first-order valence-electron chi connectivity index (χ1n) is 11.7. The largest absolute Gasteiger partial charge is 0.489 e. The van der Waals surface area contributed by atoms with Gasteiger partial charge in [0.25, 0.3) is 0 Å². The minimum Gasteiger partial charge on any atom is -0.489 e. The minimum atomic E-state index is 0.248. The molecule has 34 heavy (non-hydrogen) atoms. The lowest BCUT2D eigenvalue weighted by atomic mass is 9.90. The molecule has 0 saturated heterocycles. The molecule has 0 N–H and O–H groups in total. The maximum atomic E-state index is 6.29. The van der Waals surface area contributed by atoms with Crippen LogP contribution in [-0.4, -0.2) is 13.9 Å². The van der Waals surface area contributed by atoms with Crippen molar-refractivity contribution >= 4 is 0 Å². The van der Waals surface area contributed by atoms with E-state index in [2.05, 4.69) is 93.6 Å². The molecule has 0 heterocycles. The average Bonchev–Trinajstić information content (AvgIpc) is 3.20. The third kappa shape index (κ3) is 4.20. The molecule has 0 amide bonds. The summed E-state index contributed by atoms with van der Waals surface area (Å²) in [5.74, 6) is 1.74. The van der Waals surface area contributed by atoms with E-state index >= 15 is 0 Å². The molecule has 5 rings (SSSR count). The van der Waals surface area contributed by atoms with E-state index in [1.807, 2.05) is 0 Å². The molecule has 0 radical (unpaired) electrons. The molecular weight excluding hydrogens is 420 g/mol. The van der Waals surface area contributed by atoms with Crippen LogP contribution in [0.3, 0.4) is 0 Å². The van der Waals surface area contributed by atoms with Crippen LogP contribution in [0, 0.1) is 20.8 Å². The van der Waals surface area contributed by atoms with E-state index in [-0.39, 0.29) is 6.79 Å². The summed E-state index contributed by atoms with van der Waals surface area (Å²) in [5, 5.41) is 0. The van der Waals surface area contributed by atoms with E-state index in [1.54, 1.807) is 7.11 Å². The fraction of sp³-hybridized carbons (Fsp3) is 0.226. The second-order valence-electron chi connectivity index (χ2n) is 9.01. The van der Waals surface area contributed by atoms with Gasteiger partial charge in [-0.3, -0.25) is 0 Å². The molecule has 0 saturated carbocycles. The first-order chi connectivity index (χ1) is 16.5. The van der Waals surface area contributed by atoms with Crippen molar-refractivity contribution < 1.29 is 14.2 Å². The summed E-state index contributed by atoms with van der Waals surface area (Å²) in [7, 11) is 1.63. The van der Waals surface area contributed by atoms with E-state index in [9.17, 15) is 0 Å². The SMILES string of the molecule is COCOc1cc(C)c(-c2cccc(COc3ccc4c(c3)-c3ccccc3C4)c2C)c(C)c1. The zero-order chi connectivity index (χ0) is 23.7. The molecule has 0 fully saturated rings. The molecule has 0 spiro atoms. The molecule has 1 aliphatic carbocycles. The Bertz CT molecular complexity index is 1330. The third-order valence-electron chi connectivity index (χ3n) is 6.73. The highest BCUT2D eigenvalue weighted by molar-refractivity contribution is 5.78. The van der Waals surface area contributed by atoms with Gasteiger partial charge in [-0.05, 0) is 107 Å². The number of benzene rings is 4. The maximum absolute atomic E-state index is 6.29. The van der Waals surface area contributed by atoms with Gasteiger partial charge in [0.2, 0.25) is 0 Å². The maximum Gasteiger partial charge on any atom is 0.188 e. The van der Waals surface area contributed by atoms with Crippen molar-refractivity contribution in [3.63, 3.8) is 0 Å². The van der Waals surface area contributed by atoms with Crippen molar-refractivity contribution in [2.24, 2.45) is 0 Å². The van der Waals surface area contributed by atoms with Crippen LogP contribution in [-0.2, 0) is 17.8 Å².